The zero-order valence-electron chi connectivity index (χ0n) is 23.2. The first-order valence-electron chi connectivity index (χ1n) is 14.9. The number of aliphatic hydroxyl groups excluding tert-OH is 2. The molecule has 0 aromatic heterocycles. The highest BCUT2D eigenvalue weighted by Gasteiger charge is 2.70. The second kappa shape index (κ2) is 13.5. The van der Waals surface area contributed by atoms with Gasteiger partial charge in [0.2, 0.25) is 0 Å². The molecule has 5 unspecified atom stereocenters. The number of carbonyl (C=O) groups is 3. The van der Waals surface area contributed by atoms with Crippen LogP contribution in [0, 0.1) is 28.6 Å². The highest BCUT2D eigenvalue weighted by molar-refractivity contribution is 5.89. The van der Waals surface area contributed by atoms with Crippen LogP contribution in [0.3, 0.4) is 0 Å². The lowest BCUT2D eigenvalue weighted by Gasteiger charge is -2.43. The van der Waals surface area contributed by atoms with Gasteiger partial charge in [-0.2, -0.15) is 0 Å². The fourth-order valence-corrected chi connectivity index (χ4v) is 8.22. The fraction of sp³-hybridized carbons (Fsp3) is 0.839. The molecule has 6 heteroatoms. The molecule has 3 N–H and O–H groups in total. The largest absolute Gasteiger partial charge is 0.478 e. The van der Waals surface area contributed by atoms with E-state index in [0.717, 1.165) is 89.8 Å². The van der Waals surface area contributed by atoms with Gasteiger partial charge >= 0.3 is 5.97 Å². The molecule has 0 aromatic carbocycles. The van der Waals surface area contributed by atoms with Crippen LogP contribution >= 0.6 is 0 Å². The molecule has 2 fully saturated rings. The van der Waals surface area contributed by atoms with Gasteiger partial charge in [0.1, 0.15) is 12.1 Å². The molecule has 6 nitrogen and oxygen atoms in total. The van der Waals surface area contributed by atoms with Crippen molar-refractivity contribution >= 4 is 18.0 Å². The third kappa shape index (κ3) is 6.38. The number of unbranched alkanes of at least 4 members (excludes halogenated alkanes) is 9. The molecule has 0 amide bonds. The number of aliphatic hydroxyl groups is 2. The number of ketones is 1. The van der Waals surface area contributed by atoms with Crippen LogP contribution in [-0.2, 0) is 14.4 Å². The Morgan fingerprint density at radius 3 is 2.03 bits per heavy atom. The van der Waals surface area contributed by atoms with Crippen LogP contribution in [-0.4, -0.2) is 46.1 Å². The normalized spacial score (nSPS) is 29.9. The van der Waals surface area contributed by atoms with Crippen LogP contribution in [0.15, 0.2) is 11.1 Å². The van der Waals surface area contributed by atoms with Crippen LogP contribution < -0.4 is 0 Å². The molecule has 2 saturated carbocycles. The fourth-order valence-electron chi connectivity index (χ4n) is 8.22. The molecule has 3 aliphatic rings. The number of carboxylic acid groups (broad SMARTS) is 1. The summed E-state index contributed by atoms with van der Waals surface area (Å²) in [5.41, 5.74) is 0.366. The monoisotopic (exact) mass is 518 g/mol. The predicted octanol–water partition coefficient (Wildman–Crippen LogP) is 6.02. The summed E-state index contributed by atoms with van der Waals surface area (Å²) in [4.78, 5) is 36.5. The van der Waals surface area contributed by atoms with E-state index in [9.17, 15) is 24.6 Å². The van der Waals surface area contributed by atoms with Crippen molar-refractivity contribution in [3.8, 4) is 0 Å². The Hall–Kier alpha value is -1.53. The molecule has 37 heavy (non-hydrogen) atoms. The zero-order valence-corrected chi connectivity index (χ0v) is 23.2. The molecular weight excluding hydrogens is 468 g/mol. The molecule has 5 atom stereocenters. The summed E-state index contributed by atoms with van der Waals surface area (Å²) >= 11 is 0. The average molecular weight is 519 g/mol. The van der Waals surface area contributed by atoms with E-state index in [4.69, 9.17) is 5.11 Å². The van der Waals surface area contributed by atoms with Crippen LogP contribution in [0.1, 0.15) is 123 Å². The van der Waals surface area contributed by atoms with Crippen LogP contribution in [0.5, 0.6) is 0 Å². The maximum atomic E-state index is 12.4. The van der Waals surface area contributed by atoms with Gasteiger partial charge in [0.25, 0.3) is 0 Å². The van der Waals surface area contributed by atoms with Gasteiger partial charge in [-0.15, -0.1) is 0 Å². The van der Waals surface area contributed by atoms with E-state index in [1.54, 1.807) is 0 Å². The van der Waals surface area contributed by atoms with Gasteiger partial charge in [0, 0.05) is 36.4 Å². The van der Waals surface area contributed by atoms with Gasteiger partial charge in [0.15, 0.2) is 0 Å². The van der Waals surface area contributed by atoms with Crippen molar-refractivity contribution in [3.63, 3.8) is 0 Å². The topological polar surface area (TPSA) is 112 Å². The molecule has 2 bridgehead atoms. The van der Waals surface area contributed by atoms with E-state index in [1.165, 1.54) is 0 Å². The number of rotatable bonds is 18. The van der Waals surface area contributed by atoms with Crippen molar-refractivity contribution in [1.29, 1.82) is 0 Å². The van der Waals surface area contributed by atoms with Gasteiger partial charge in [-0.3, -0.25) is 4.79 Å². The third-order valence-corrected chi connectivity index (χ3v) is 10.2. The smallest absolute Gasteiger partial charge is 0.331 e. The molecule has 3 rings (SSSR count). The molecule has 210 valence electrons. The third-order valence-electron chi connectivity index (χ3n) is 10.2. The van der Waals surface area contributed by atoms with E-state index < -0.39 is 17.5 Å². The van der Waals surface area contributed by atoms with Crippen molar-refractivity contribution in [2.45, 2.75) is 129 Å². The van der Waals surface area contributed by atoms with Crippen molar-refractivity contribution in [2.24, 2.45) is 28.6 Å². The first kappa shape index (κ1) is 30.0. The minimum Gasteiger partial charge on any atom is -0.478 e. The molecule has 3 aliphatic carbocycles. The first-order valence-corrected chi connectivity index (χ1v) is 14.9. The lowest BCUT2D eigenvalue weighted by atomic mass is 9.63. The Morgan fingerprint density at radius 2 is 1.46 bits per heavy atom. The van der Waals surface area contributed by atoms with Crippen molar-refractivity contribution < 1.29 is 29.7 Å². The first-order chi connectivity index (χ1) is 17.7. The van der Waals surface area contributed by atoms with Crippen LogP contribution in [0.4, 0.5) is 0 Å². The van der Waals surface area contributed by atoms with Gasteiger partial charge in [-0.1, -0.05) is 58.8 Å². The molecule has 0 heterocycles. The summed E-state index contributed by atoms with van der Waals surface area (Å²) < 4.78 is 0. The molecule has 0 aromatic rings. The Kier molecular flexibility index (Phi) is 11.0. The van der Waals surface area contributed by atoms with E-state index >= 15 is 0 Å². The van der Waals surface area contributed by atoms with Crippen molar-refractivity contribution in [2.75, 3.05) is 6.61 Å². The van der Waals surface area contributed by atoms with Crippen LogP contribution in [0.25, 0.3) is 0 Å². The minimum atomic E-state index is -0.909. The number of carboxylic acids is 1. The lowest BCUT2D eigenvalue weighted by Crippen LogP contribution is -2.45. The van der Waals surface area contributed by atoms with Gasteiger partial charge < -0.3 is 20.1 Å². The average Bonchev–Trinajstić information content (AvgIpc) is 3.32. The summed E-state index contributed by atoms with van der Waals surface area (Å²) in [5, 5.41) is 30.5. The minimum absolute atomic E-state index is 0.109. The molecule has 0 saturated heterocycles. The number of aliphatic carboxylic acids is 1. The summed E-state index contributed by atoms with van der Waals surface area (Å²) in [5.74, 6) is -0.683. The lowest BCUT2D eigenvalue weighted by molar-refractivity contribution is -0.134. The summed E-state index contributed by atoms with van der Waals surface area (Å²) in [7, 11) is 0. The molecular formula is C31H50O6. The van der Waals surface area contributed by atoms with Gasteiger partial charge in [-0.05, 0) is 74.2 Å². The summed E-state index contributed by atoms with van der Waals surface area (Å²) in [6, 6.07) is 0. The molecule has 0 aliphatic heterocycles. The number of hydrogen-bond acceptors (Lipinski definition) is 5. The second-order valence-electron chi connectivity index (χ2n) is 12.6. The Balaban J connectivity index is 1.42. The highest BCUT2D eigenvalue weighted by atomic mass is 16.4. The Bertz CT molecular complexity index is 830. The number of aldehydes is 1. The highest BCUT2D eigenvalue weighted by Crippen LogP contribution is 2.72. The van der Waals surface area contributed by atoms with Gasteiger partial charge in [-0.25, -0.2) is 4.79 Å². The van der Waals surface area contributed by atoms with Crippen molar-refractivity contribution in [1.82, 2.24) is 0 Å². The predicted molar refractivity (Wildman–Crippen MR) is 144 cm³/mol. The number of fused-ring (bicyclic) bond motifs is 1. The SMILES string of the molecule is CC1(C)C2CC3(C(C=O)CCC13)C(O)C(CCCCCCCC(=O)CCCCCCCCO)=C2C(=O)O. The van der Waals surface area contributed by atoms with Crippen molar-refractivity contribution in [3.05, 3.63) is 11.1 Å². The van der Waals surface area contributed by atoms with E-state index in [1.807, 2.05) is 0 Å². The van der Waals surface area contributed by atoms with E-state index in [2.05, 4.69) is 13.8 Å². The number of Topliss-reactive ketones (excluding diaryl/α,β-unsaturated/α-hetero) is 1. The maximum Gasteiger partial charge on any atom is 0.331 e. The number of carbonyl (C=O) groups excluding carboxylic acids is 2. The van der Waals surface area contributed by atoms with E-state index in [-0.39, 0.29) is 29.8 Å². The number of hydrogen-bond donors (Lipinski definition) is 3. The molecule has 1 spiro atoms. The zero-order chi connectivity index (χ0) is 27.1. The summed E-state index contributed by atoms with van der Waals surface area (Å²) in [6.45, 7) is 4.54. The van der Waals surface area contributed by atoms with Gasteiger partial charge in [0.05, 0.1) is 6.10 Å². The molecule has 0 radical (unpaired) electrons. The van der Waals surface area contributed by atoms with E-state index in [0.29, 0.717) is 42.6 Å². The second-order valence-corrected chi connectivity index (χ2v) is 12.6. The Labute approximate surface area is 223 Å². The Morgan fingerprint density at radius 1 is 0.892 bits per heavy atom. The summed E-state index contributed by atoms with van der Waals surface area (Å²) in [6.07, 6.45) is 15.3. The quantitative estimate of drug-likeness (QED) is 0.151. The standard InChI is InChI=1S/C31H50O6/c1-30(2)25-20-31(22(21-33)17-18-26(30)31)28(35)24(27(25)29(36)37)16-12-8-5-7-11-15-23(34)14-10-6-3-4-9-13-19-32/h21-22,25-26,28,32,35H,3-20H2,1-2H3,(H,36,37). The maximum absolute atomic E-state index is 12.4. The van der Waals surface area contributed by atoms with Crippen LogP contribution in [0.2, 0.25) is 0 Å².